The van der Waals surface area contributed by atoms with Gasteiger partial charge >= 0.3 is 0 Å². The van der Waals surface area contributed by atoms with Crippen molar-refractivity contribution >= 4 is 47.8 Å². The number of ether oxygens (including phenoxy) is 1. The van der Waals surface area contributed by atoms with Crippen molar-refractivity contribution in [3.63, 3.8) is 0 Å². The van der Waals surface area contributed by atoms with Crippen LogP contribution in [0, 0.1) is 0 Å². The van der Waals surface area contributed by atoms with Crippen molar-refractivity contribution in [1.82, 2.24) is 0 Å². The molecule has 0 aromatic carbocycles. The third kappa shape index (κ3) is 6.51. The van der Waals surface area contributed by atoms with Crippen LogP contribution in [0.15, 0.2) is 0 Å². The largest absolute Gasteiger partial charge is 0.365 e. The lowest BCUT2D eigenvalue weighted by atomic mass is 10.2. The molecule has 0 radical (unpaired) electrons. The Labute approximate surface area is 92.1 Å². The van der Waals surface area contributed by atoms with Crippen LogP contribution in [0.4, 0.5) is 0 Å². The van der Waals surface area contributed by atoms with Gasteiger partial charge in [-0.3, -0.25) is 0 Å². The zero-order chi connectivity index (χ0) is 9.28. The molecule has 0 saturated heterocycles. The van der Waals surface area contributed by atoms with Crippen molar-refractivity contribution in [3.8, 4) is 0 Å². The van der Waals surface area contributed by atoms with E-state index >= 15 is 0 Å². The fourth-order valence-corrected chi connectivity index (χ4v) is 0.682. The van der Waals surface area contributed by atoms with Crippen molar-refractivity contribution < 1.29 is 9.84 Å². The number of halogens is 3. The van der Waals surface area contributed by atoms with Gasteiger partial charge in [0.2, 0.25) is 0 Å². The fourth-order valence-electron chi connectivity index (χ4n) is 0.402. The summed E-state index contributed by atoms with van der Waals surface area (Å²) >= 11 is 9.46. The quantitative estimate of drug-likeness (QED) is 0.579. The van der Waals surface area contributed by atoms with E-state index in [1.54, 1.807) is 0 Å². The van der Waals surface area contributed by atoms with Crippen LogP contribution in [0.5, 0.6) is 0 Å². The normalized spacial score (nSPS) is 16.6. The van der Waals surface area contributed by atoms with Crippen molar-refractivity contribution in [2.24, 2.45) is 0 Å². The summed E-state index contributed by atoms with van der Waals surface area (Å²) in [6, 6.07) is 0. The summed E-state index contributed by atoms with van der Waals surface area (Å²) in [4.78, 5) is 0. The number of aliphatic hydroxyl groups excluding tert-OH is 1. The molecule has 0 bridgehead atoms. The lowest BCUT2D eigenvalue weighted by molar-refractivity contribution is -0.157. The highest BCUT2D eigenvalue weighted by Gasteiger charge is 2.32. The fraction of sp³-hybridized carbons (Fsp3) is 1.00. The van der Waals surface area contributed by atoms with Gasteiger partial charge in [-0.05, 0) is 20.8 Å². The molecule has 1 atom stereocenters. The highest BCUT2D eigenvalue weighted by atomic mass is 80.0. The van der Waals surface area contributed by atoms with E-state index in [1.807, 2.05) is 20.8 Å². The summed E-state index contributed by atoms with van der Waals surface area (Å²) in [6.07, 6.45) is -0.942. The molecule has 11 heavy (non-hydrogen) atoms. The van der Waals surface area contributed by atoms with E-state index in [0.717, 1.165) is 0 Å². The smallest absolute Gasteiger partial charge is 0.190 e. The standard InChI is InChI=1S/C6H11Br3O2/c1-5(2,3)11-4(10)6(7,8)9/h4,10H,1-3H3. The van der Waals surface area contributed by atoms with Gasteiger partial charge in [0, 0.05) is 0 Å². The Morgan fingerprint density at radius 2 is 1.55 bits per heavy atom. The van der Waals surface area contributed by atoms with Crippen molar-refractivity contribution in [2.75, 3.05) is 0 Å². The van der Waals surface area contributed by atoms with Crippen LogP contribution in [0.25, 0.3) is 0 Å². The number of alkyl halides is 3. The average Bonchev–Trinajstić information content (AvgIpc) is 1.56. The topological polar surface area (TPSA) is 29.5 Å². The maximum Gasteiger partial charge on any atom is 0.190 e. The minimum atomic E-state index is -0.942. The lowest BCUT2D eigenvalue weighted by Gasteiger charge is -2.28. The molecule has 0 saturated carbocycles. The highest BCUT2D eigenvalue weighted by molar-refractivity contribution is 9.39. The van der Waals surface area contributed by atoms with Gasteiger partial charge in [0.1, 0.15) is 0 Å². The summed E-state index contributed by atoms with van der Waals surface area (Å²) < 4.78 is 4.45. The van der Waals surface area contributed by atoms with Crippen LogP contribution >= 0.6 is 47.8 Å². The van der Waals surface area contributed by atoms with Gasteiger partial charge in [0.05, 0.1) is 5.60 Å². The van der Waals surface area contributed by atoms with E-state index in [1.165, 1.54) is 0 Å². The number of hydrogen-bond donors (Lipinski definition) is 1. The predicted molar refractivity (Wildman–Crippen MR) is 56.4 cm³/mol. The molecule has 1 unspecified atom stereocenters. The van der Waals surface area contributed by atoms with Crippen LogP contribution in [-0.2, 0) is 4.74 Å². The monoisotopic (exact) mass is 352 g/mol. The molecule has 0 aliphatic heterocycles. The average molecular weight is 355 g/mol. The zero-order valence-electron chi connectivity index (χ0n) is 6.57. The van der Waals surface area contributed by atoms with Gasteiger partial charge in [-0.15, -0.1) is 0 Å². The zero-order valence-corrected chi connectivity index (χ0v) is 11.3. The lowest BCUT2D eigenvalue weighted by Crippen LogP contribution is -2.35. The molecule has 2 nitrogen and oxygen atoms in total. The molecule has 0 aliphatic carbocycles. The molecule has 0 amide bonds. The number of hydrogen-bond acceptors (Lipinski definition) is 2. The molecule has 0 aromatic rings. The Morgan fingerprint density at radius 3 is 1.64 bits per heavy atom. The first kappa shape index (κ1) is 12.4. The maximum atomic E-state index is 9.36. The van der Waals surface area contributed by atoms with Gasteiger partial charge in [-0.1, -0.05) is 47.8 Å². The van der Waals surface area contributed by atoms with Crippen LogP contribution in [0.1, 0.15) is 20.8 Å². The predicted octanol–water partition coefficient (Wildman–Crippen LogP) is 2.96. The minimum Gasteiger partial charge on any atom is -0.365 e. The molecular formula is C6H11Br3O2. The first-order chi connectivity index (χ1) is 4.63. The first-order valence-electron chi connectivity index (χ1n) is 3.05. The molecule has 0 fully saturated rings. The summed E-state index contributed by atoms with van der Waals surface area (Å²) in [5.41, 5.74) is -0.361. The first-order valence-corrected chi connectivity index (χ1v) is 5.43. The van der Waals surface area contributed by atoms with E-state index in [9.17, 15) is 5.11 Å². The summed E-state index contributed by atoms with van der Waals surface area (Å²) in [5.74, 6) is 0. The molecule has 0 spiro atoms. The summed E-state index contributed by atoms with van der Waals surface area (Å²) in [7, 11) is 0. The molecular weight excluding hydrogens is 344 g/mol. The second kappa shape index (κ2) is 4.05. The van der Waals surface area contributed by atoms with Gasteiger partial charge in [-0.2, -0.15) is 0 Å². The van der Waals surface area contributed by atoms with Crippen LogP contribution < -0.4 is 0 Å². The number of rotatable bonds is 1. The third-order valence-electron chi connectivity index (χ3n) is 0.745. The van der Waals surface area contributed by atoms with Crippen LogP contribution in [0.3, 0.4) is 0 Å². The van der Waals surface area contributed by atoms with Gasteiger partial charge in [0.25, 0.3) is 0 Å². The molecule has 1 N–H and O–H groups in total. The Hall–Kier alpha value is 1.36. The van der Waals surface area contributed by atoms with Gasteiger partial charge in [-0.25, -0.2) is 0 Å². The molecule has 68 valence electrons. The molecule has 0 heterocycles. The highest BCUT2D eigenvalue weighted by Crippen LogP contribution is 2.38. The molecule has 0 aromatic heterocycles. The van der Waals surface area contributed by atoms with Crippen molar-refractivity contribution in [2.45, 2.75) is 34.8 Å². The Kier molecular flexibility index (Phi) is 4.55. The SMILES string of the molecule is CC(C)(C)OC(O)C(Br)(Br)Br. The van der Waals surface area contributed by atoms with Gasteiger partial charge < -0.3 is 9.84 Å². The summed E-state index contributed by atoms with van der Waals surface area (Å²) in [5, 5.41) is 9.36. The minimum absolute atomic E-state index is 0.361. The Balaban J connectivity index is 3.99. The molecule has 5 heteroatoms. The molecule has 0 rings (SSSR count). The van der Waals surface area contributed by atoms with E-state index < -0.39 is 8.43 Å². The second-order valence-corrected chi connectivity index (χ2v) is 10.1. The van der Waals surface area contributed by atoms with E-state index in [-0.39, 0.29) is 5.60 Å². The van der Waals surface area contributed by atoms with E-state index in [2.05, 4.69) is 47.8 Å². The van der Waals surface area contributed by atoms with Crippen molar-refractivity contribution in [1.29, 1.82) is 0 Å². The third-order valence-corrected chi connectivity index (χ3v) is 1.92. The van der Waals surface area contributed by atoms with E-state index in [4.69, 9.17) is 4.74 Å². The van der Waals surface area contributed by atoms with E-state index in [0.29, 0.717) is 0 Å². The Morgan fingerprint density at radius 1 is 1.18 bits per heavy atom. The van der Waals surface area contributed by atoms with Crippen molar-refractivity contribution in [3.05, 3.63) is 0 Å². The van der Waals surface area contributed by atoms with Crippen LogP contribution in [-0.4, -0.2) is 19.1 Å². The summed E-state index contributed by atoms with van der Waals surface area (Å²) in [6.45, 7) is 5.61. The van der Waals surface area contributed by atoms with Gasteiger partial charge in [0.15, 0.2) is 8.43 Å². The number of aliphatic hydroxyl groups is 1. The second-order valence-electron chi connectivity index (χ2n) is 3.12. The maximum absolute atomic E-state index is 9.36. The Bertz CT molecular complexity index is 125. The van der Waals surface area contributed by atoms with Crippen LogP contribution in [0.2, 0.25) is 0 Å². The molecule has 0 aliphatic rings.